The number of allylic oxidation sites excluding steroid dienone is 2. The average molecular weight is 1040 g/mol. The second-order valence-corrected chi connectivity index (χ2v) is 23.0. The van der Waals surface area contributed by atoms with E-state index in [0.29, 0.717) is 32.4 Å². The van der Waals surface area contributed by atoms with E-state index in [4.69, 9.17) is 28.4 Å². The fourth-order valence-corrected chi connectivity index (χ4v) is 10.5. The van der Waals surface area contributed by atoms with Crippen molar-refractivity contribution in [3.8, 4) is 0 Å². The molecule has 0 aromatic heterocycles. The van der Waals surface area contributed by atoms with Crippen LogP contribution >= 0.6 is 0 Å². The lowest BCUT2D eigenvalue weighted by Gasteiger charge is -2.34. The zero-order valence-electron chi connectivity index (χ0n) is 46.0. The maximum absolute atomic E-state index is 13.7. The maximum atomic E-state index is 13.7. The Morgan fingerprint density at radius 1 is 0.838 bits per heavy atom. The molecular weight excluding hydrogens is 957 g/mol. The molecule has 3 heterocycles. The van der Waals surface area contributed by atoms with Crippen LogP contribution in [0.25, 0.3) is 0 Å². The number of unbranched alkanes of at least 4 members (excludes halogenated alkanes) is 2. The molecule has 2 saturated heterocycles. The summed E-state index contributed by atoms with van der Waals surface area (Å²) in [5, 5.41) is 10.9. The Bertz CT molecular complexity index is 2060. The fourth-order valence-electron chi connectivity index (χ4n) is 10.5. The molecule has 74 heavy (non-hydrogen) atoms. The Kier molecular flexibility index (Phi) is 21.7. The van der Waals surface area contributed by atoms with Crippen molar-refractivity contribution in [1.82, 2.24) is 31.1 Å². The van der Waals surface area contributed by atoms with Gasteiger partial charge in [-0.1, -0.05) is 64.8 Å². The molecule has 0 unspecified atom stereocenters. The molecule has 4 fully saturated rings. The molecule has 5 aliphatic rings. The number of hydrogen-bond donors (Lipinski definition) is 4. The van der Waals surface area contributed by atoms with Gasteiger partial charge in [-0.05, 0) is 115 Å². The lowest BCUT2D eigenvalue weighted by atomic mass is 9.99. The van der Waals surface area contributed by atoms with Crippen molar-refractivity contribution in [2.45, 2.75) is 168 Å². The lowest BCUT2D eigenvalue weighted by Crippen LogP contribution is -2.58. The standard InChI is InChI=1S/C28H45N3O7.C26H41N3O7/c1-9-11-12-13-14-19(25(34)36-8)29-23(32)22-21-18(28(21,6)7)16-31(22)24(33)20(17-37-15-10-2)30-26(35)38-27(3,4)5;1-25(2,3)36-24(33)28-18-15-35-13-11-9-7-8-10-12-17(23(32)34-6)27-21(30)20-19-16(26(19,4)5)14-29(20)22(18)31/h9-10,18-22H,1-2,11-17H2,3-8H3,(H,29,32)(H,30,35);9,11,16-20H,7-8,10,12-15H2,1-6H3,(H,27,30)(H,28,33)/t18-,19-,20-,21-,22-;16-,17-,18-,19-,20-/m00/s1. The van der Waals surface area contributed by atoms with Crippen LogP contribution in [0.4, 0.5) is 9.59 Å². The minimum Gasteiger partial charge on any atom is -0.467 e. The van der Waals surface area contributed by atoms with Crippen molar-refractivity contribution in [3.63, 3.8) is 0 Å². The van der Waals surface area contributed by atoms with Crippen molar-refractivity contribution in [2.75, 3.05) is 53.7 Å². The number of esters is 2. The molecule has 0 radical (unpaired) electrons. The summed E-state index contributed by atoms with van der Waals surface area (Å²) in [7, 11) is 2.58. The van der Waals surface area contributed by atoms with Crippen molar-refractivity contribution in [1.29, 1.82) is 0 Å². The van der Waals surface area contributed by atoms with Crippen LogP contribution in [0.3, 0.4) is 0 Å². The molecule has 5 rings (SSSR count). The van der Waals surface area contributed by atoms with E-state index in [9.17, 15) is 38.4 Å². The van der Waals surface area contributed by atoms with Crippen LogP contribution in [0.1, 0.15) is 121 Å². The van der Waals surface area contributed by atoms with Gasteiger partial charge < -0.3 is 59.5 Å². The molecule has 0 aromatic rings. The van der Waals surface area contributed by atoms with Crippen LogP contribution < -0.4 is 21.3 Å². The molecule has 6 amide bonds. The maximum Gasteiger partial charge on any atom is 0.408 e. The predicted molar refractivity (Wildman–Crippen MR) is 275 cm³/mol. The summed E-state index contributed by atoms with van der Waals surface area (Å²) in [6, 6.07) is -5.21. The number of alkyl carbamates (subject to hydrolysis) is 2. The van der Waals surface area contributed by atoms with E-state index in [1.807, 2.05) is 18.2 Å². The van der Waals surface area contributed by atoms with Crippen LogP contribution in [0.15, 0.2) is 37.5 Å². The molecule has 20 nitrogen and oxygen atoms in total. The summed E-state index contributed by atoms with van der Waals surface area (Å²) < 4.78 is 31.7. The van der Waals surface area contributed by atoms with E-state index in [0.717, 1.165) is 32.1 Å². The predicted octanol–water partition coefficient (Wildman–Crippen LogP) is 5.14. The highest BCUT2D eigenvalue weighted by atomic mass is 16.6. The SMILES string of the molecule is C=CCCCC[C@H](NC(=O)[C@@H]1[C@@H]2[C@H](CN1C(=O)[C@H](COCC=C)NC(=O)OC(C)(C)C)C2(C)C)C(=O)OC.COC(=O)[C@@H]1CCCCC=CCOC[C@H](NC(=O)OC(C)(C)C)C(=O)N2C[C@H]3[C@@H]([C@H]2C(=O)N1)C3(C)C. The number of hydrogen-bond acceptors (Lipinski definition) is 14. The molecule has 416 valence electrons. The second-order valence-electron chi connectivity index (χ2n) is 23.0. The Morgan fingerprint density at radius 2 is 1.49 bits per heavy atom. The monoisotopic (exact) mass is 1040 g/mol. The van der Waals surface area contributed by atoms with E-state index >= 15 is 0 Å². The van der Waals surface area contributed by atoms with Gasteiger partial charge in [0.05, 0.1) is 40.6 Å². The van der Waals surface area contributed by atoms with Gasteiger partial charge in [0.1, 0.15) is 47.5 Å². The average Bonchev–Trinajstić information content (AvgIpc) is 3.76. The zero-order valence-corrected chi connectivity index (χ0v) is 46.0. The fraction of sp³-hybridized carbons (Fsp3) is 0.741. The van der Waals surface area contributed by atoms with E-state index in [-0.39, 0.29) is 66.8 Å². The summed E-state index contributed by atoms with van der Waals surface area (Å²) in [6.07, 6.45) is 11.3. The molecule has 10 atom stereocenters. The number of carbonyl (C=O) groups excluding carboxylic acids is 8. The number of fused-ring (bicyclic) bond motifs is 4. The summed E-state index contributed by atoms with van der Waals surface area (Å²) in [5.74, 6) is -2.48. The molecule has 2 aliphatic carbocycles. The molecule has 0 spiro atoms. The number of methoxy groups -OCH3 is 2. The molecular formula is C54H86N6O14. The number of carbonyl (C=O) groups is 8. The largest absolute Gasteiger partial charge is 0.467 e. The first-order chi connectivity index (χ1) is 34.6. The van der Waals surface area contributed by atoms with Crippen LogP contribution in [-0.2, 0) is 57.2 Å². The number of rotatable bonds is 16. The van der Waals surface area contributed by atoms with Gasteiger partial charge in [-0.3, -0.25) is 19.2 Å². The first-order valence-electron chi connectivity index (χ1n) is 26.0. The van der Waals surface area contributed by atoms with Gasteiger partial charge in [-0.25, -0.2) is 19.2 Å². The third-order valence-corrected chi connectivity index (χ3v) is 14.6. The van der Waals surface area contributed by atoms with Crippen molar-refractivity contribution in [3.05, 3.63) is 37.5 Å². The first-order valence-corrected chi connectivity index (χ1v) is 26.0. The molecule has 0 aromatic carbocycles. The van der Waals surface area contributed by atoms with E-state index in [1.165, 1.54) is 24.0 Å². The second kappa shape index (κ2) is 26.3. The Morgan fingerprint density at radius 3 is 2.11 bits per heavy atom. The molecule has 4 N–H and O–H groups in total. The topological polar surface area (TPSA) is 247 Å². The Hall–Kier alpha value is -5.50. The highest BCUT2D eigenvalue weighted by Crippen LogP contribution is 2.66. The third kappa shape index (κ3) is 16.5. The van der Waals surface area contributed by atoms with Crippen LogP contribution in [-0.4, -0.2) is 159 Å². The molecule has 2 saturated carbocycles. The number of nitrogens with one attached hydrogen (secondary N) is 4. The molecule has 20 heteroatoms. The number of likely N-dealkylation sites (tertiary alicyclic amines) is 1. The van der Waals surface area contributed by atoms with Gasteiger partial charge in [0, 0.05) is 13.1 Å². The van der Waals surface area contributed by atoms with Gasteiger partial charge in [0.25, 0.3) is 0 Å². The van der Waals surface area contributed by atoms with E-state index < -0.39 is 89.3 Å². The minimum absolute atomic E-state index is 0.0374. The Balaban J connectivity index is 0.000000321. The highest BCUT2D eigenvalue weighted by molar-refractivity contribution is 5.96. The van der Waals surface area contributed by atoms with Gasteiger partial charge >= 0.3 is 24.1 Å². The van der Waals surface area contributed by atoms with Gasteiger partial charge in [-0.2, -0.15) is 0 Å². The van der Waals surface area contributed by atoms with Crippen molar-refractivity contribution in [2.24, 2.45) is 34.5 Å². The van der Waals surface area contributed by atoms with Crippen LogP contribution in [0.5, 0.6) is 0 Å². The van der Waals surface area contributed by atoms with E-state index in [1.54, 1.807) is 47.6 Å². The van der Waals surface area contributed by atoms with E-state index in [2.05, 4.69) is 62.1 Å². The van der Waals surface area contributed by atoms with Gasteiger partial charge in [0.2, 0.25) is 23.6 Å². The number of amides is 6. The quantitative estimate of drug-likeness (QED) is 0.0678. The van der Waals surface area contributed by atoms with Crippen LogP contribution in [0, 0.1) is 34.5 Å². The highest BCUT2D eigenvalue weighted by Gasteiger charge is 2.71. The Labute approximate surface area is 438 Å². The third-order valence-electron chi connectivity index (χ3n) is 14.6. The van der Waals surface area contributed by atoms with Gasteiger partial charge in [0.15, 0.2) is 0 Å². The van der Waals surface area contributed by atoms with Crippen molar-refractivity contribution >= 4 is 47.8 Å². The lowest BCUT2D eigenvalue weighted by molar-refractivity contribution is -0.148. The van der Waals surface area contributed by atoms with Crippen LogP contribution in [0.2, 0.25) is 0 Å². The number of nitrogens with zero attached hydrogens (tertiary/aromatic N) is 2. The summed E-state index contributed by atoms with van der Waals surface area (Å²) in [6.45, 7) is 27.1. The number of piperidine rings is 2. The normalized spacial score (nSPS) is 26.9. The summed E-state index contributed by atoms with van der Waals surface area (Å²) in [4.78, 5) is 107. The van der Waals surface area contributed by atoms with Gasteiger partial charge in [-0.15, -0.1) is 13.2 Å². The summed E-state index contributed by atoms with van der Waals surface area (Å²) >= 11 is 0. The minimum atomic E-state index is -1.06. The first kappa shape index (κ1) is 61.1. The smallest absolute Gasteiger partial charge is 0.408 e. The molecule has 0 bridgehead atoms. The summed E-state index contributed by atoms with van der Waals surface area (Å²) in [5.41, 5.74) is -1.72. The van der Waals surface area contributed by atoms with Crippen molar-refractivity contribution < 1.29 is 66.8 Å². The zero-order chi connectivity index (χ0) is 55.3. The molecule has 3 aliphatic heterocycles. The number of ether oxygens (including phenoxy) is 6.